The minimum absolute atomic E-state index is 0.0843. The third-order valence-corrected chi connectivity index (χ3v) is 2.76. The van der Waals surface area contributed by atoms with Gasteiger partial charge in [0.15, 0.2) is 0 Å². The van der Waals surface area contributed by atoms with E-state index in [-0.39, 0.29) is 30.5 Å². The molecule has 1 amide bonds. The summed E-state index contributed by atoms with van der Waals surface area (Å²) in [7, 11) is 0. The lowest BCUT2D eigenvalue weighted by atomic mass is 10.2. The number of carbonyl (C=O) groups excluding carboxylic acids is 1. The first-order chi connectivity index (χ1) is 8.58. The van der Waals surface area contributed by atoms with Gasteiger partial charge in [-0.05, 0) is 18.9 Å². The van der Waals surface area contributed by atoms with E-state index in [9.17, 15) is 14.4 Å². The Balaban J connectivity index is 2.10. The Morgan fingerprint density at radius 3 is 2.61 bits per heavy atom. The Morgan fingerprint density at radius 2 is 2.11 bits per heavy atom. The second-order valence-corrected chi connectivity index (χ2v) is 4.22. The first-order valence-electron chi connectivity index (χ1n) is 5.69. The predicted molar refractivity (Wildman–Crippen MR) is 61.3 cm³/mol. The van der Waals surface area contributed by atoms with Crippen LogP contribution in [-0.2, 0) is 4.79 Å². The SMILES string of the molecule is O=C(O)CCN(C(=O)c1ccc(=O)oc1)C1CC1. The van der Waals surface area contributed by atoms with Crippen molar-refractivity contribution in [2.45, 2.75) is 25.3 Å². The largest absolute Gasteiger partial charge is 0.481 e. The Morgan fingerprint density at radius 1 is 1.39 bits per heavy atom. The molecule has 1 fully saturated rings. The number of carbonyl (C=O) groups is 2. The van der Waals surface area contributed by atoms with Crippen LogP contribution in [0.5, 0.6) is 0 Å². The summed E-state index contributed by atoms with van der Waals surface area (Å²) >= 11 is 0. The molecule has 0 aliphatic heterocycles. The van der Waals surface area contributed by atoms with Crippen molar-refractivity contribution in [3.63, 3.8) is 0 Å². The topological polar surface area (TPSA) is 87.8 Å². The minimum atomic E-state index is -0.937. The van der Waals surface area contributed by atoms with Crippen LogP contribution >= 0.6 is 0 Å². The lowest BCUT2D eigenvalue weighted by molar-refractivity contribution is -0.137. The molecule has 0 bridgehead atoms. The van der Waals surface area contributed by atoms with Crippen molar-refractivity contribution in [3.05, 3.63) is 34.4 Å². The number of amides is 1. The van der Waals surface area contributed by atoms with Crippen LogP contribution in [0.1, 0.15) is 29.6 Å². The van der Waals surface area contributed by atoms with Gasteiger partial charge in [0.2, 0.25) is 0 Å². The molecule has 1 N–H and O–H groups in total. The van der Waals surface area contributed by atoms with E-state index in [0.29, 0.717) is 0 Å². The zero-order chi connectivity index (χ0) is 13.1. The van der Waals surface area contributed by atoms with Gasteiger partial charge in [0.1, 0.15) is 6.26 Å². The highest BCUT2D eigenvalue weighted by Crippen LogP contribution is 2.28. The fourth-order valence-corrected chi connectivity index (χ4v) is 1.70. The molecule has 1 aromatic rings. The van der Waals surface area contributed by atoms with Crippen LogP contribution in [0.15, 0.2) is 27.6 Å². The fraction of sp³-hybridized carbons (Fsp3) is 0.417. The summed E-state index contributed by atoms with van der Waals surface area (Å²) in [6.45, 7) is 0.179. The van der Waals surface area contributed by atoms with Crippen LogP contribution in [0.2, 0.25) is 0 Å². The Labute approximate surface area is 103 Å². The molecule has 0 unspecified atom stereocenters. The third-order valence-electron chi connectivity index (χ3n) is 2.76. The molecular formula is C12H13NO5. The number of aliphatic carboxylic acids is 1. The summed E-state index contributed by atoms with van der Waals surface area (Å²) in [5, 5.41) is 8.66. The summed E-state index contributed by atoms with van der Waals surface area (Å²) in [4.78, 5) is 35.0. The van der Waals surface area contributed by atoms with Crippen molar-refractivity contribution in [2.75, 3.05) is 6.54 Å². The molecule has 1 aromatic heterocycles. The van der Waals surface area contributed by atoms with Gasteiger partial charge in [-0.2, -0.15) is 0 Å². The van der Waals surface area contributed by atoms with E-state index in [1.165, 1.54) is 17.0 Å². The monoisotopic (exact) mass is 251 g/mol. The second kappa shape index (κ2) is 5.03. The molecule has 96 valence electrons. The van der Waals surface area contributed by atoms with E-state index in [1.807, 2.05) is 0 Å². The van der Waals surface area contributed by atoms with E-state index in [1.54, 1.807) is 0 Å². The molecule has 0 spiro atoms. The molecule has 6 nitrogen and oxygen atoms in total. The normalized spacial score (nSPS) is 14.2. The van der Waals surface area contributed by atoms with E-state index in [2.05, 4.69) is 4.42 Å². The highest BCUT2D eigenvalue weighted by Gasteiger charge is 2.33. The van der Waals surface area contributed by atoms with Crippen LogP contribution < -0.4 is 5.63 Å². The Kier molecular flexibility index (Phi) is 3.45. The van der Waals surface area contributed by atoms with E-state index < -0.39 is 11.6 Å². The maximum atomic E-state index is 12.1. The van der Waals surface area contributed by atoms with Crippen LogP contribution in [0.4, 0.5) is 0 Å². The molecule has 0 atom stereocenters. The molecule has 1 saturated carbocycles. The van der Waals surface area contributed by atoms with Crippen LogP contribution in [0.3, 0.4) is 0 Å². The molecule has 0 saturated heterocycles. The van der Waals surface area contributed by atoms with Gasteiger partial charge in [-0.25, -0.2) is 4.79 Å². The summed E-state index contributed by atoms with van der Waals surface area (Å²) in [6, 6.07) is 2.68. The smallest absolute Gasteiger partial charge is 0.335 e. The number of carboxylic acid groups (broad SMARTS) is 1. The van der Waals surface area contributed by atoms with Crippen LogP contribution in [0.25, 0.3) is 0 Å². The maximum absolute atomic E-state index is 12.1. The van der Waals surface area contributed by atoms with Gasteiger partial charge in [0, 0.05) is 18.7 Å². The fourth-order valence-electron chi connectivity index (χ4n) is 1.70. The molecule has 18 heavy (non-hydrogen) atoms. The van der Waals surface area contributed by atoms with E-state index >= 15 is 0 Å². The molecular weight excluding hydrogens is 238 g/mol. The van der Waals surface area contributed by atoms with Gasteiger partial charge >= 0.3 is 11.6 Å². The van der Waals surface area contributed by atoms with Gasteiger partial charge < -0.3 is 14.4 Å². The van der Waals surface area contributed by atoms with Gasteiger partial charge in [-0.3, -0.25) is 9.59 Å². The maximum Gasteiger partial charge on any atom is 0.335 e. The summed E-state index contributed by atoms with van der Waals surface area (Å²) in [6.07, 6.45) is 2.81. The summed E-state index contributed by atoms with van der Waals surface area (Å²) < 4.78 is 4.64. The molecule has 2 rings (SSSR count). The van der Waals surface area contributed by atoms with E-state index in [0.717, 1.165) is 19.1 Å². The van der Waals surface area contributed by atoms with Crippen molar-refractivity contribution in [2.24, 2.45) is 0 Å². The quantitative estimate of drug-likeness (QED) is 0.833. The molecule has 1 aliphatic carbocycles. The first-order valence-corrected chi connectivity index (χ1v) is 5.69. The third kappa shape index (κ3) is 2.97. The van der Waals surface area contributed by atoms with Crippen LogP contribution in [-0.4, -0.2) is 34.5 Å². The van der Waals surface area contributed by atoms with Gasteiger partial charge in [-0.1, -0.05) is 0 Å². The zero-order valence-electron chi connectivity index (χ0n) is 9.67. The van der Waals surface area contributed by atoms with Gasteiger partial charge in [0.25, 0.3) is 5.91 Å². The van der Waals surface area contributed by atoms with Crippen molar-refractivity contribution in [3.8, 4) is 0 Å². The lowest BCUT2D eigenvalue weighted by Crippen LogP contribution is -2.35. The Bertz CT molecular complexity index is 497. The molecule has 0 aromatic carbocycles. The molecule has 1 heterocycles. The van der Waals surface area contributed by atoms with Crippen molar-refractivity contribution in [1.29, 1.82) is 0 Å². The highest BCUT2D eigenvalue weighted by molar-refractivity contribution is 5.94. The second-order valence-electron chi connectivity index (χ2n) is 4.22. The Hall–Kier alpha value is -2.11. The number of carboxylic acids is 1. The molecule has 0 radical (unpaired) electrons. The minimum Gasteiger partial charge on any atom is -0.481 e. The van der Waals surface area contributed by atoms with Crippen LogP contribution in [0, 0.1) is 0 Å². The average molecular weight is 251 g/mol. The lowest BCUT2D eigenvalue weighted by Gasteiger charge is -2.21. The van der Waals surface area contributed by atoms with Crippen molar-refractivity contribution < 1.29 is 19.1 Å². The molecule has 6 heteroatoms. The average Bonchev–Trinajstić information content (AvgIpc) is 3.14. The number of hydrogen-bond acceptors (Lipinski definition) is 4. The zero-order valence-corrected chi connectivity index (χ0v) is 9.67. The number of hydrogen-bond donors (Lipinski definition) is 1. The standard InChI is InChI=1S/C12H13NO5/c14-10(15)5-6-13(9-2-3-9)12(17)8-1-4-11(16)18-7-8/h1,4,7,9H,2-3,5-6H2,(H,14,15). The number of nitrogens with zero attached hydrogens (tertiary/aromatic N) is 1. The summed E-state index contributed by atoms with van der Waals surface area (Å²) in [5.74, 6) is -1.23. The predicted octanol–water partition coefficient (Wildman–Crippen LogP) is 0.719. The van der Waals surface area contributed by atoms with E-state index in [4.69, 9.17) is 5.11 Å². The van der Waals surface area contributed by atoms with Crippen molar-refractivity contribution in [1.82, 2.24) is 4.90 Å². The van der Waals surface area contributed by atoms with Crippen molar-refractivity contribution >= 4 is 11.9 Å². The first kappa shape index (κ1) is 12.3. The van der Waals surface area contributed by atoms with Gasteiger partial charge in [0.05, 0.1) is 12.0 Å². The van der Waals surface area contributed by atoms with Gasteiger partial charge in [-0.15, -0.1) is 0 Å². The number of rotatable bonds is 5. The molecule has 1 aliphatic rings. The summed E-state index contributed by atoms with van der Waals surface area (Å²) in [5.41, 5.74) is -0.248. The highest BCUT2D eigenvalue weighted by atomic mass is 16.4.